The van der Waals surface area contributed by atoms with E-state index in [0.717, 1.165) is 37.6 Å². The van der Waals surface area contributed by atoms with E-state index in [9.17, 15) is 4.79 Å². The van der Waals surface area contributed by atoms with Crippen molar-refractivity contribution in [1.82, 2.24) is 0 Å². The highest BCUT2D eigenvalue weighted by Crippen LogP contribution is 2.18. The molecule has 118 valence electrons. The van der Waals surface area contributed by atoms with Crippen LogP contribution < -0.4 is 4.90 Å². The van der Waals surface area contributed by atoms with Crippen molar-refractivity contribution >= 4 is 29.1 Å². The molecule has 2 aromatic rings. The number of morpholine rings is 1. The monoisotopic (exact) mass is 327 g/mol. The first-order valence-electron chi connectivity index (χ1n) is 7.63. The number of anilines is 1. The summed E-state index contributed by atoms with van der Waals surface area (Å²) < 4.78 is 5.35. The van der Waals surface area contributed by atoms with Gasteiger partial charge in [0.1, 0.15) is 0 Å². The van der Waals surface area contributed by atoms with Gasteiger partial charge in [0.05, 0.1) is 13.2 Å². The summed E-state index contributed by atoms with van der Waals surface area (Å²) in [7, 11) is 0. The average Bonchev–Trinajstić information content (AvgIpc) is 2.61. The first-order valence-corrected chi connectivity index (χ1v) is 8.01. The second-order valence-corrected chi connectivity index (χ2v) is 5.84. The van der Waals surface area contributed by atoms with Gasteiger partial charge in [0.25, 0.3) is 0 Å². The molecule has 0 aromatic heterocycles. The van der Waals surface area contributed by atoms with Crippen LogP contribution in [0.15, 0.2) is 54.6 Å². The van der Waals surface area contributed by atoms with Gasteiger partial charge in [0.15, 0.2) is 5.78 Å². The Morgan fingerprint density at radius 2 is 1.83 bits per heavy atom. The zero-order valence-corrected chi connectivity index (χ0v) is 13.5. The lowest BCUT2D eigenvalue weighted by atomic mass is 10.1. The van der Waals surface area contributed by atoms with Crippen LogP contribution in [0.1, 0.15) is 15.9 Å². The molecule has 0 N–H and O–H groups in total. The van der Waals surface area contributed by atoms with Crippen LogP contribution in [0.5, 0.6) is 0 Å². The molecule has 0 radical (unpaired) electrons. The van der Waals surface area contributed by atoms with E-state index in [1.165, 1.54) is 0 Å². The fourth-order valence-corrected chi connectivity index (χ4v) is 2.74. The minimum atomic E-state index is -0.0153. The Morgan fingerprint density at radius 3 is 2.52 bits per heavy atom. The van der Waals surface area contributed by atoms with Crippen LogP contribution in [0.3, 0.4) is 0 Å². The van der Waals surface area contributed by atoms with Gasteiger partial charge in [0, 0.05) is 29.4 Å². The molecule has 23 heavy (non-hydrogen) atoms. The maximum atomic E-state index is 12.2. The topological polar surface area (TPSA) is 29.5 Å². The zero-order valence-electron chi connectivity index (χ0n) is 12.7. The lowest BCUT2D eigenvalue weighted by Gasteiger charge is -2.28. The van der Waals surface area contributed by atoms with Gasteiger partial charge in [-0.05, 0) is 48.0 Å². The van der Waals surface area contributed by atoms with Crippen LogP contribution in [0.4, 0.5) is 5.69 Å². The number of ketones is 1. The average molecular weight is 328 g/mol. The minimum absolute atomic E-state index is 0.0153. The minimum Gasteiger partial charge on any atom is -0.378 e. The number of hydrogen-bond acceptors (Lipinski definition) is 3. The third kappa shape index (κ3) is 4.21. The number of ether oxygens (including phenoxy) is 1. The summed E-state index contributed by atoms with van der Waals surface area (Å²) in [6.07, 6.45) is 3.36. The van der Waals surface area contributed by atoms with E-state index in [1.54, 1.807) is 12.2 Å². The number of allylic oxidation sites excluding steroid dienone is 1. The van der Waals surface area contributed by atoms with Gasteiger partial charge in [-0.3, -0.25) is 4.79 Å². The van der Waals surface area contributed by atoms with Gasteiger partial charge < -0.3 is 9.64 Å². The summed E-state index contributed by atoms with van der Waals surface area (Å²) in [5.41, 5.74) is 2.72. The van der Waals surface area contributed by atoms with Crippen molar-refractivity contribution in [3.63, 3.8) is 0 Å². The zero-order chi connectivity index (χ0) is 16.1. The molecule has 0 bridgehead atoms. The molecule has 0 saturated carbocycles. The van der Waals surface area contributed by atoms with Gasteiger partial charge >= 0.3 is 0 Å². The maximum Gasteiger partial charge on any atom is 0.185 e. The third-order valence-corrected chi connectivity index (χ3v) is 4.04. The second kappa shape index (κ2) is 7.44. The normalized spacial score (nSPS) is 15.1. The van der Waals surface area contributed by atoms with Crippen LogP contribution >= 0.6 is 11.6 Å². The lowest BCUT2D eigenvalue weighted by Crippen LogP contribution is -2.36. The molecule has 1 aliphatic heterocycles. The number of nitrogens with zero attached hydrogens (tertiary/aromatic N) is 1. The Hall–Kier alpha value is -2.10. The maximum absolute atomic E-state index is 12.2. The van der Waals surface area contributed by atoms with Gasteiger partial charge in [-0.1, -0.05) is 29.8 Å². The van der Waals surface area contributed by atoms with Gasteiger partial charge in [0.2, 0.25) is 0 Å². The van der Waals surface area contributed by atoms with Crippen LogP contribution in [-0.2, 0) is 4.74 Å². The summed E-state index contributed by atoms with van der Waals surface area (Å²) in [4.78, 5) is 14.5. The summed E-state index contributed by atoms with van der Waals surface area (Å²) in [5, 5.41) is 0.662. The fraction of sp³-hybridized carbons (Fsp3) is 0.211. The van der Waals surface area contributed by atoms with Gasteiger partial charge in [-0.15, -0.1) is 0 Å². The summed E-state index contributed by atoms with van der Waals surface area (Å²) >= 11 is 5.94. The molecule has 0 aliphatic carbocycles. The Labute approximate surface area is 141 Å². The first kappa shape index (κ1) is 15.8. The number of halogens is 1. The molecule has 1 fully saturated rings. The van der Waals surface area contributed by atoms with E-state index in [-0.39, 0.29) is 5.78 Å². The molecule has 4 heteroatoms. The number of benzene rings is 2. The highest BCUT2D eigenvalue weighted by atomic mass is 35.5. The molecule has 3 nitrogen and oxygen atoms in total. The van der Waals surface area contributed by atoms with Crippen molar-refractivity contribution in [3.05, 3.63) is 70.8 Å². The predicted molar refractivity (Wildman–Crippen MR) is 94.3 cm³/mol. The summed E-state index contributed by atoms with van der Waals surface area (Å²) in [6, 6.07) is 15.1. The highest BCUT2D eigenvalue weighted by Gasteiger charge is 2.11. The van der Waals surface area contributed by atoms with E-state index in [2.05, 4.69) is 4.90 Å². The van der Waals surface area contributed by atoms with Crippen molar-refractivity contribution in [2.75, 3.05) is 31.2 Å². The third-order valence-electron chi connectivity index (χ3n) is 3.80. The van der Waals surface area contributed by atoms with Gasteiger partial charge in [-0.25, -0.2) is 0 Å². The van der Waals surface area contributed by atoms with E-state index in [0.29, 0.717) is 10.6 Å². The molecule has 2 aromatic carbocycles. The molecule has 0 unspecified atom stereocenters. The first-order chi connectivity index (χ1) is 11.2. The van der Waals surface area contributed by atoms with E-state index >= 15 is 0 Å². The molecule has 0 spiro atoms. The molecule has 3 rings (SSSR count). The Bertz CT molecular complexity index is 704. The molecule has 0 amide bonds. The molecule has 1 saturated heterocycles. The van der Waals surface area contributed by atoms with Crippen LogP contribution in [0.25, 0.3) is 6.08 Å². The predicted octanol–water partition coefficient (Wildman–Crippen LogP) is 4.07. The van der Waals surface area contributed by atoms with E-state index < -0.39 is 0 Å². The van der Waals surface area contributed by atoms with Crippen molar-refractivity contribution in [2.24, 2.45) is 0 Å². The van der Waals surface area contributed by atoms with Crippen molar-refractivity contribution in [1.29, 1.82) is 0 Å². The largest absolute Gasteiger partial charge is 0.378 e. The quantitative estimate of drug-likeness (QED) is 0.626. The highest BCUT2D eigenvalue weighted by molar-refractivity contribution is 6.30. The molecular formula is C19H18ClNO2. The number of rotatable bonds is 4. The smallest absolute Gasteiger partial charge is 0.185 e. The van der Waals surface area contributed by atoms with Crippen LogP contribution in [-0.4, -0.2) is 32.1 Å². The van der Waals surface area contributed by atoms with E-state index in [4.69, 9.17) is 16.3 Å². The van der Waals surface area contributed by atoms with Crippen LogP contribution in [0.2, 0.25) is 5.02 Å². The standard InChI is InChI=1S/C19H18ClNO2/c20-17-3-1-2-15(14-17)4-9-19(22)16-5-7-18(8-6-16)21-10-12-23-13-11-21/h1-9,14H,10-13H2. The summed E-state index contributed by atoms with van der Waals surface area (Å²) in [6.45, 7) is 3.29. The van der Waals surface area contributed by atoms with Crippen molar-refractivity contribution < 1.29 is 9.53 Å². The van der Waals surface area contributed by atoms with E-state index in [1.807, 2.05) is 48.5 Å². The van der Waals surface area contributed by atoms with Crippen molar-refractivity contribution in [2.45, 2.75) is 0 Å². The summed E-state index contributed by atoms with van der Waals surface area (Å²) in [5.74, 6) is -0.0153. The Morgan fingerprint density at radius 1 is 1.09 bits per heavy atom. The van der Waals surface area contributed by atoms with Crippen molar-refractivity contribution in [3.8, 4) is 0 Å². The number of carbonyl (C=O) groups is 1. The van der Waals surface area contributed by atoms with Crippen LogP contribution in [0, 0.1) is 0 Å². The molecule has 1 aliphatic rings. The van der Waals surface area contributed by atoms with Gasteiger partial charge in [-0.2, -0.15) is 0 Å². The number of carbonyl (C=O) groups excluding carboxylic acids is 1. The molecular weight excluding hydrogens is 310 g/mol. The molecule has 1 heterocycles. The number of hydrogen-bond donors (Lipinski definition) is 0. The lowest BCUT2D eigenvalue weighted by molar-refractivity contribution is 0.104. The Kier molecular flexibility index (Phi) is 5.11. The fourth-order valence-electron chi connectivity index (χ4n) is 2.54. The Balaban J connectivity index is 1.67. The SMILES string of the molecule is O=C(C=Cc1cccc(Cl)c1)c1ccc(N2CCOCC2)cc1. The second-order valence-electron chi connectivity index (χ2n) is 5.40. The molecule has 0 atom stereocenters.